The zero-order chi connectivity index (χ0) is 6.69. The second-order valence-electron chi connectivity index (χ2n) is 2.05. The van der Waals surface area contributed by atoms with Crippen LogP contribution >= 0.6 is 0 Å². The highest BCUT2D eigenvalue weighted by molar-refractivity contribution is 5.72. The van der Waals surface area contributed by atoms with E-state index in [1.807, 2.05) is 0 Å². The van der Waals surface area contributed by atoms with Crippen molar-refractivity contribution in [1.82, 2.24) is 0 Å². The molecule has 1 unspecified atom stereocenters. The summed E-state index contributed by atoms with van der Waals surface area (Å²) in [6, 6.07) is 0. The Morgan fingerprint density at radius 3 is 3.00 bits per heavy atom. The normalized spacial score (nSPS) is 26.0. The number of nitrogens with zero attached hydrogens (tertiary/aromatic N) is 1. The molecular formula is C6H11NO2. The third kappa shape index (κ3) is 1.59. The lowest BCUT2D eigenvalue weighted by Crippen LogP contribution is -2.25. The molecule has 52 valence electrons. The summed E-state index contributed by atoms with van der Waals surface area (Å²) in [5.74, 6) is 0.633. The quantitative estimate of drug-likeness (QED) is 0.531. The van der Waals surface area contributed by atoms with Gasteiger partial charge in [-0.15, -0.1) is 0 Å². The van der Waals surface area contributed by atoms with Crippen LogP contribution in [-0.4, -0.2) is 18.6 Å². The van der Waals surface area contributed by atoms with E-state index in [9.17, 15) is 0 Å². The van der Waals surface area contributed by atoms with Crippen LogP contribution in [0.25, 0.3) is 0 Å². The van der Waals surface area contributed by atoms with Crippen LogP contribution in [0.2, 0.25) is 0 Å². The summed E-state index contributed by atoms with van der Waals surface area (Å²) in [7, 11) is 0. The minimum absolute atomic E-state index is 0.211. The second kappa shape index (κ2) is 2.71. The molecule has 0 aromatic carbocycles. The van der Waals surface area contributed by atoms with Gasteiger partial charge in [0.1, 0.15) is 6.10 Å². The molecule has 1 heterocycles. The number of hydrogen-bond donors (Lipinski definition) is 0. The van der Waals surface area contributed by atoms with E-state index in [-0.39, 0.29) is 6.10 Å². The fraction of sp³-hybridized carbons (Fsp3) is 0.833. The third-order valence-corrected chi connectivity index (χ3v) is 1.25. The lowest BCUT2D eigenvalue weighted by molar-refractivity contribution is 0.00756. The molecule has 3 nitrogen and oxygen atoms in total. The molecule has 1 aliphatic rings. The van der Waals surface area contributed by atoms with Gasteiger partial charge in [-0.05, 0) is 6.42 Å². The van der Waals surface area contributed by atoms with Crippen LogP contribution in [0, 0.1) is 0 Å². The summed E-state index contributed by atoms with van der Waals surface area (Å²) in [6.07, 6.45) is 1.19. The van der Waals surface area contributed by atoms with Crippen molar-refractivity contribution in [1.29, 1.82) is 0 Å². The molecule has 0 fully saturated rings. The van der Waals surface area contributed by atoms with Gasteiger partial charge in [-0.25, -0.2) is 0 Å². The van der Waals surface area contributed by atoms with E-state index >= 15 is 0 Å². The molecule has 0 amide bonds. The Balaban J connectivity index is 2.39. The highest BCUT2D eigenvalue weighted by Gasteiger charge is 2.13. The van der Waals surface area contributed by atoms with Gasteiger partial charge in [-0.3, -0.25) is 0 Å². The van der Waals surface area contributed by atoms with Crippen molar-refractivity contribution < 1.29 is 9.57 Å². The minimum atomic E-state index is 0.211. The first-order chi connectivity index (χ1) is 4.33. The summed E-state index contributed by atoms with van der Waals surface area (Å²) in [6.45, 7) is 4.45. The van der Waals surface area contributed by atoms with Gasteiger partial charge in [0.15, 0.2) is 6.61 Å². The van der Waals surface area contributed by atoms with Crippen molar-refractivity contribution in [3.8, 4) is 0 Å². The number of ether oxygens (including phenoxy) is 1. The number of rotatable bonds is 1. The summed E-state index contributed by atoms with van der Waals surface area (Å²) in [5.41, 5.74) is 0. The van der Waals surface area contributed by atoms with Crippen LogP contribution in [-0.2, 0) is 9.57 Å². The lowest BCUT2D eigenvalue weighted by atomic mass is 10.3. The van der Waals surface area contributed by atoms with Crippen LogP contribution < -0.4 is 0 Å². The Labute approximate surface area is 54.6 Å². The molecule has 9 heavy (non-hydrogen) atoms. The highest BCUT2D eigenvalue weighted by atomic mass is 16.7. The van der Waals surface area contributed by atoms with Crippen LogP contribution in [0.4, 0.5) is 0 Å². The average molecular weight is 129 g/mol. The zero-order valence-electron chi connectivity index (χ0n) is 5.76. The van der Waals surface area contributed by atoms with Gasteiger partial charge in [0.05, 0.1) is 0 Å². The SMILES string of the molecule is CCC1CON=C(C)O1. The van der Waals surface area contributed by atoms with Crippen molar-refractivity contribution in [2.24, 2.45) is 5.16 Å². The Hall–Kier alpha value is -0.730. The molecule has 0 N–H and O–H groups in total. The van der Waals surface area contributed by atoms with E-state index in [0.29, 0.717) is 12.5 Å². The van der Waals surface area contributed by atoms with E-state index in [4.69, 9.17) is 9.57 Å². The molecule has 1 rings (SSSR count). The van der Waals surface area contributed by atoms with Crippen LogP contribution in [0.1, 0.15) is 20.3 Å². The average Bonchev–Trinajstić information content (AvgIpc) is 1.88. The molecule has 1 aliphatic heterocycles. The van der Waals surface area contributed by atoms with E-state index in [1.165, 1.54) is 0 Å². The molecule has 0 saturated carbocycles. The molecule has 0 saturated heterocycles. The monoisotopic (exact) mass is 129 g/mol. The topological polar surface area (TPSA) is 30.8 Å². The molecule has 0 aromatic heterocycles. The molecular weight excluding hydrogens is 118 g/mol. The van der Waals surface area contributed by atoms with E-state index in [2.05, 4.69) is 12.1 Å². The lowest BCUT2D eigenvalue weighted by Gasteiger charge is -2.19. The predicted octanol–water partition coefficient (Wildman–Crippen LogP) is 1.15. The van der Waals surface area contributed by atoms with Gasteiger partial charge in [-0.2, -0.15) is 0 Å². The van der Waals surface area contributed by atoms with Crippen molar-refractivity contribution in [2.75, 3.05) is 6.61 Å². The molecule has 3 heteroatoms. The van der Waals surface area contributed by atoms with Crippen molar-refractivity contribution in [3.63, 3.8) is 0 Å². The van der Waals surface area contributed by atoms with Gasteiger partial charge in [0, 0.05) is 6.92 Å². The van der Waals surface area contributed by atoms with Crippen molar-refractivity contribution in [2.45, 2.75) is 26.4 Å². The Morgan fingerprint density at radius 1 is 1.78 bits per heavy atom. The molecule has 1 atom stereocenters. The summed E-state index contributed by atoms with van der Waals surface area (Å²) in [4.78, 5) is 4.85. The standard InChI is InChI=1S/C6H11NO2/c1-3-6-4-8-7-5(2)9-6/h6H,3-4H2,1-2H3. The Morgan fingerprint density at radius 2 is 2.56 bits per heavy atom. The van der Waals surface area contributed by atoms with Gasteiger partial charge in [-0.1, -0.05) is 12.1 Å². The Kier molecular flexibility index (Phi) is 1.92. The van der Waals surface area contributed by atoms with Gasteiger partial charge >= 0.3 is 0 Å². The third-order valence-electron chi connectivity index (χ3n) is 1.25. The fourth-order valence-electron chi connectivity index (χ4n) is 0.709. The van der Waals surface area contributed by atoms with Gasteiger partial charge in [0.2, 0.25) is 5.90 Å². The smallest absolute Gasteiger partial charge is 0.222 e. The molecule has 0 radical (unpaired) electrons. The van der Waals surface area contributed by atoms with E-state index < -0.39 is 0 Å². The fourth-order valence-corrected chi connectivity index (χ4v) is 0.709. The van der Waals surface area contributed by atoms with Gasteiger partial charge < -0.3 is 9.57 Å². The second-order valence-corrected chi connectivity index (χ2v) is 2.05. The molecule has 0 aliphatic carbocycles. The predicted molar refractivity (Wildman–Crippen MR) is 34.2 cm³/mol. The maximum Gasteiger partial charge on any atom is 0.222 e. The van der Waals surface area contributed by atoms with E-state index in [1.54, 1.807) is 6.92 Å². The minimum Gasteiger partial charge on any atom is -0.472 e. The number of hydrogen-bond acceptors (Lipinski definition) is 3. The van der Waals surface area contributed by atoms with Gasteiger partial charge in [0.25, 0.3) is 0 Å². The summed E-state index contributed by atoms with van der Waals surface area (Å²) in [5, 5.41) is 3.62. The molecule has 0 spiro atoms. The largest absolute Gasteiger partial charge is 0.472 e. The van der Waals surface area contributed by atoms with Crippen LogP contribution in [0.5, 0.6) is 0 Å². The maximum absolute atomic E-state index is 5.26. The van der Waals surface area contributed by atoms with Crippen LogP contribution in [0.3, 0.4) is 0 Å². The number of oxime groups is 1. The zero-order valence-corrected chi connectivity index (χ0v) is 5.76. The summed E-state index contributed by atoms with van der Waals surface area (Å²) < 4.78 is 5.26. The molecule has 0 bridgehead atoms. The first-order valence-electron chi connectivity index (χ1n) is 3.16. The maximum atomic E-state index is 5.26. The summed E-state index contributed by atoms with van der Waals surface area (Å²) >= 11 is 0. The Bertz CT molecular complexity index is 122. The van der Waals surface area contributed by atoms with Crippen LogP contribution in [0.15, 0.2) is 5.16 Å². The highest BCUT2D eigenvalue weighted by Crippen LogP contribution is 2.05. The first-order valence-corrected chi connectivity index (χ1v) is 3.16. The molecule has 0 aromatic rings. The van der Waals surface area contributed by atoms with E-state index in [0.717, 1.165) is 6.42 Å². The van der Waals surface area contributed by atoms with Crippen molar-refractivity contribution in [3.05, 3.63) is 0 Å². The first kappa shape index (κ1) is 6.39. The van der Waals surface area contributed by atoms with Crippen molar-refractivity contribution >= 4 is 5.90 Å².